The maximum absolute atomic E-state index is 14.2. The number of aryl methyl sites for hydroxylation is 2. The fourth-order valence-corrected chi connectivity index (χ4v) is 12.8. The highest BCUT2D eigenvalue weighted by Crippen LogP contribution is 2.51. The minimum atomic E-state index is -0.686. The van der Waals surface area contributed by atoms with Crippen LogP contribution in [-0.2, 0) is 14.3 Å². The van der Waals surface area contributed by atoms with Crippen molar-refractivity contribution in [2.24, 2.45) is 28.7 Å². The van der Waals surface area contributed by atoms with Crippen LogP contribution in [0.4, 0.5) is 9.59 Å². The van der Waals surface area contributed by atoms with Gasteiger partial charge in [-0.25, -0.2) is 14.6 Å². The molecule has 3 N–H and O–H groups in total. The first-order chi connectivity index (χ1) is 33.1. The Morgan fingerprint density at radius 2 is 1.36 bits per heavy atom. The van der Waals surface area contributed by atoms with E-state index in [1.807, 2.05) is 24.9 Å². The van der Waals surface area contributed by atoms with E-state index in [2.05, 4.69) is 136 Å². The summed E-state index contributed by atoms with van der Waals surface area (Å²) in [5, 5.41) is 8.39. The predicted molar refractivity (Wildman–Crippen MR) is 276 cm³/mol. The lowest BCUT2D eigenvalue weighted by Gasteiger charge is -2.43. The second-order valence-electron chi connectivity index (χ2n) is 21.2. The molecule has 12 nitrogen and oxygen atoms in total. The minimum Gasteiger partial charge on any atom is -0.453 e. The molecule has 5 aromatic rings. The largest absolute Gasteiger partial charge is 0.453 e. The van der Waals surface area contributed by atoms with Gasteiger partial charge in [-0.1, -0.05) is 82.3 Å². The maximum atomic E-state index is 14.2. The van der Waals surface area contributed by atoms with Crippen molar-refractivity contribution in [2.45, 2.75) is 143 Å². The molecule has 1 aromatic heterocycles. The third kappa shape index (κ3) is 8.94. The molecular formula is C57H71N7O5. The molecule has 2 saturated heterocycles. The maximum Gasteiger partial charge on any atom is 0.407 e. The quantitative estimate of drug-likeness (QED) is 0.0998. The van der Waals surface area contributed by atoms with Gasteiger partial charge in [-0.3, -0.25) is 14.7 Å². The van der Waals surface area contributed by atoms with Crippen LogP contribution in [0.1, 0.15) is 116 Å². The van der Waals surface area contributed by atoms with Crippen LogP contribution in [0, 0.1) is 37.5 Å². The standard InChI is InChI=1S/C57H71N7O5/c1-30(2)50(61-56(66)68-10)36(9)63-42-21-18-40(26-42)52(63)35(8)58-29-34(7)37-14-16-38(17-15-37)44-23-24-45(49-33(6)13-12-32(5)48(44)49)39-20-25-46-47(28-39)60-54(59-46)53-41-19-22-43(27-41)64(53)55(65)51(31(3)4)62-57(67)69-11/h12-17,20,23-25,28-31,36,40-43,50-53H,18-19,21-22,26-27H2,1-11H3,(H,59,60)(H,61,66)(H,62,67)/b34-29+,58-35+/t36?,40?,41?,42?,43?,50-,51-,52+,53-/m0/s1. The molecule has 4 fully saturated rings. The van der Waals surface area contributed by atoms with E-state index < -0.39 is 12.1 Å². The van der Waals surface area contributed by atoms with E-state index in [9.17, 15) is 14.4 Å². The van der Waals surface area contributed by atoms with Crippen molar-refractivity contribution in [1.82, 2.24) is 30.4 Å². The van der Waals surface area contributed by atoms with Gasteiger partial charge in [-0.05, 0) is 164 Å². The Labute approximate surface area is 407 Å². The number of rotatable bonds is 13. The van der Waals surface area contributed by atoms with Crippen LogP contribution in [0.3, 0.4) is 0 Å². The van der Waals surface area contributed by atoms with Gasteiger partial charge in [0.2, 0.25) is 5.91 Å². The van der Waals surface area contributed by atoms with Gasteiger partial charge in [-0.15, -0.1) is 0 Å². The molecule has 9 atom stereocenters. The number of aliphatic imine (C=N–C) groups is 1. The number of fused-ring (bicyclic) bond motifs is 6. The number of nitrogens with zero attached hydrogens (tertiary/aromatic N) is 4. The first kappa shape index (κ1) is 48.0. The van der Waals surface area contributed by atoms with E-state index in [1.165, 1.54) is 60.9 Å². The van der Waals surface area contributed by atoms with Gasteiger partial charge < -0.3 is 30.0 Å². The molecule has 9 rings (SSSR count). The van der Waals surface area contributed by atoms with Crippen molar-refractivity contribution in [3.8, 4) is 22.3 Å². The second kappa shape index (κ2) is 19.4. The van der Waals surface area contributed by atoms with E-state index >= 15 is 0 Å². The number of hydrogen-bond donors (Lipinski definition) is 3. The fraction of sp³-hybridized carbons (Fsp3) is 0.491. The summed E-state index contributed by atoms with van der Waals surface area (Å²) in [6.07, 6.45) is 7.57. The van der Waals surface area contributed by atoms with Gasteiger partial charge in [0.25, 0.3) is 0 Å². The highest BCUT2D eigenvalue weighted by Gasteiger charge is 2.52. The molecule has 364 valence electrons. The van der Waals surface area contributed by atoms with Crippen LogP contribution in [0.15, 0.2) is 77.9 Å². The zero-order valence-corrected chi connectivity index (χ0v) is 42.4. The minimum absolute atomic E-state index is 0.0302. The molecule has 3 heterocycles. The first-order valence-electron chi connectivity index (χ1n) is 25.2. The number of nitrogens with one attached hydrogen (secondary N) is 3. The molecule has 4 aromatic carbocycles. The number of ether oxygens (including phenoxy) is 2. The lowest BCUT2D eigenvalue weighted by atomic mass is 9.87. The molecule has 5 unspecified atom stereocenters. The first-order valence-corrected chi connectivity index (χ1v) is 25.2. The number of methoxy groups -OCH3 is 2. The summed E-state index contributed by atoms with van der Waals surface area (Å²) in [6, 6.07) is 24.4. The molecule has 3 amide bonds. The Morgan fingerprint density at radius 1 is 0.754 bits per heavy atom. The number of piperidine rings is 2. The number of benzene rings is 4. The number of likely N-dealkylation sites (tertiary alicyclic amines) is 2. The van der Waals surface area contributed by atoms with E-state index in [0.29, 0.717) is 17.9 Å². The molecule has 2 aliphatic heterocycles. The molecule has 69 heavy (non-hydrogen) atoms. The number of aromatic nitrogens is 2. The van der Waals surface area contributed by atoms with Crippen LogP contribution >= 0.6 is 0 Å². The molecule has 4 bridgehead atoms. The summed E-state index contributed by atoms with van der Waals surface area (Å²) >= 11 is 0. The Hall–Kier alpha value is -6.01. The predicted octanol–water partition coefficient (Wildman–Crippen LogP) is 11.5. The molecule has 2 saturated carbocycles. The third-order valence-electron chi connectivity index (χ3n) is 16.3. The SMILES string of the molecule is COC(=O)N[C@@H](C(C)C)C(C)N1C2CCC(C2)[C@H]1/C(C)=N/C=C(\C)c1ccc(-c2ccc(-c3ccc4nc([C@@H]5C6CCC(C6)N5C(=O)[C@@H](NC(=O)OC)C(C)C)[nH]c4c3)c3c(C)ccc(C)c23)cc1. The van der Waals surface area contributed by atoms with Crippen molar-refractivity contribution >= 4 is 51.2 Å². The van der Waals surface area contributed by atoms with Crippen molar-refractivity contribution in [3.63, 3.8) is 0 Å². The lowest BCUT2D eigenvalue weighted by Crippen LogP contribution is -2.58. The average molecular weight is 934 g/mol. The Kier molecular flexibility index (Phi) is 13.5. The number of carbonyl (C=O) groups excluding carboxylic acids is 3. The van der Waals surface area contributed by atoms with Crippen LogP contribution in [0.25, 0.3) is 49.6 Å². The van der Waals surface area contributed by atoms with Crippen molar-refractivity contribution < 1.29 is 23.9 Å². The van der Waals surface area contributed by atoms with Gasteiger partial charge in [0.05, 0.1) is 37.3 Å². The third-order valence-corrected chi connectivity index (χ3v) is 16.3. The highest BCUT2D eigenvalue weighted by atomic mass is 16.5. The molecular weight excluding hydrogens is 863 g/mol. The fourth-order valence-electron chi connectivity index (χ4n) is 12.8. The molecule has 0 spiro atoms. The number of hydrogen-bond acceptors (Lipinski definition) is 8. The van der Waals surface area contributed by atoms with Crippen molar-refractivity contribution in [2.75, 3.05) is 14.2 Å². The average Bonchev–Trinajstić information content (AvgIpc) is 4.22. The van der Waals surface area contributed by atoms with E-state index in [4.69, 9.17) is 19.5 Å². The van der Waals surface area contributed by atoms with Crippen LogP contribution in [-0.4, -0.2) is 94.0 Å². The number of alkyl carbamates (subject to hydrolysis) is 2. The highest BCUT2D eigenvalue weighted by molar-refractivity contribution is 6.08. The normalized spacial score (nSPS) is 23.9. The molecule has 2 aliphatic carbocycles. The van der Waals surface area contributed by atoms with E-state index in [1.54, 1.807) is 0 Å². The van der Waals surface area contributed by atoms with E-state index in [-0.39, 0.29) is 54.0 Å². The van der Waals surface area contributed by atoms with Gasteiger partial charge in [-0.2, -0.15) is 0 Å². The molecule has 12 heteroatoms. The number of carbonyl (C=O) groups is 3. The molecule has 4 aliphatic rings. The number of amides is 3. The monoisotopic (exact) mass is 934 g/mol. The Bertz CT molecular complexity index is 2830. The Balaban J connectivity index is 0.973. The summed E-state index contributed by atoms with van der Waals surface area (Å²) in [5.41, 5.74) is 12.2. The van der Waals surface area contributed by atoms with Crippen molar-refractivity contribution in [3.05, 3.63) is 95.4 Å². The van der Waals surface area contributed by atoms with E-state index in [0.717, 1.165) is 69.7 Å². The Morgan fingerprint density at radius 3 is 2.01 bits per heavy atom. The number of imidazole rings is 1. The summed E-state index contributed by atoms with van der Waals surface area (Å²) in [4.78, 5) is 57.4. The number of aromatic amines is 1. The second-order valence-corrected chi connectivity index (χ2v) is 21.2. The van der Waals surface area contributed by atoms with Crippen LogP contribution < -0.4 is 10.6 Å². The van der Waals surface area contributed by atoms with Gasteiger partial charge in [0.1, 0.15) is 11.9 Å². The summed E-state index contributed by atoms with van der Waals surface area (Å²) < 4.78 is 9.89. The lowest BCUT2D eigenvalue weighted by molar-refractivity contribution is -0.139. The topological polar surface area (TPSA) is 141 Å². The molecule has 0 radical (unpaired) electrons. The van der Waals surface area contributed by atoms with Gasteiger partial charge in [0, 0.05) is 36.1 Å². The summed E-state index contributed by atoms with van der Waals surface area (Å²) in [7, 11) is 2.75. The van der Waals surface area contributed by atoms with Crippen molar-refractivity contribution in [1.29, 1.82) is 0 Å². The zero-order chi connectivity index (χ0) is 49.0. The summed E-state index contributed by atoms with van der Waals surface area (Å²) in [6.45, 7) is 19.2. The van der Waals surface area contributed by atoms with Crippen LogP contribution in [0.5, 0.6) is 0 Å². The van der Waals surface area contributed by atoms with Gasteiger partial charge in [0.15, 0.2) is 0 Å². The summed E-state index contributed by atoms with van der Waals surface area (Å²) in [5.74, 6) is 1.75. The zero-order valence-electron chi connectivity index (χ0n) is 42.4. The number of allylic oxidation sites excluding steroid dienone is 1. The number of H-pyrrole nitrogens is 1. The smallest absolute Gasteiger partial charge is 0.407 e. The van der Waals surface area contributed by atoms with Gasteiger partial charge >= 0.3 is 12.2 Å². The van der Waals surface area contributed by atoms with Crippen LogP contribution in [0.2, 0.25) is 0 Å².